The first-order valence-electron chi connectivity index (χ1n) is 8.12. The molecule has 0 atom stereocenters. The highest BCUT2D eigenvalue weighted by atomic mass is 14.0. The zero-order valence-electron chi connectivity index (χ0n) is 14.9. The first kappa shape index (κ1) is 19.4. The highest BCUT2D eigenvalue weighted by Gasteiger charge is 1.99. The molecule has 0 fully saturated rings. The van der Waals surface area contributed by atoms with Gasteiger partial charge in [0.25, 0.3) is 0 Å². The van der Waals surface area contributed by atoms with Crippen LogP contribution in [0.2, 0.25) is 0 Å². The van der Waals surface area contributed by atoms with Crippen LogP contribution in [0.4, 0.5) is 0 Å². The highest BCUT2D eigenvalue weighted by Crippen LogP contribution is 2.17. The van der Waals surface area contributed by atoms with Gasteiger partial charge in [0, 0.05) is 0 Å². The molecule has 0 amide bonds. The Morgan fingerprint density at radius 2 is 1.10 bits per heavy atom. The second-order valence-corrected chi connectivity index (χ2v) is 5.58. The van der Waals surface area contributed by atoms with Crippen molar-refractivity contribution in [1.29, 1.82) is 0 Å². The summed E-state index contributed by atoms with van der Waals surface area (Å²) in [5.41, 5.74) is 4.28. The van der Waals surface area contributed by atoms with Crippen LogP contribution < -0.4 is 0 Å². The lowest BCUT2D eigenvalue weighted by Gasteiger charge is -2.07. The third-order valence-corrected chi connectivity index (χ3v) is 3.28. The minimum absolute atomic E-state index is 0.654. The molecule has 0 aromatic heterocycles. The van der Waals surface area contributed by atoms with Crippen LogP contribution in [0.1, 0.15) is 70.1 Å². The summed E-state index contributed by atoms with van der Waals surface area (Å²) in [5, 5.41) is 0. The summed E-state index contributed by atoms with van der Waals surface area (Å²) in [6, 6.07) is 19.1. The molecule has 0 saturated carbocycles. The van der Waals surface area contributed by atoms with E-state index < -0.39 is 0 Å². The van der Waals surface area contributed by atoms with Crippen LogP contribution in [0.5, 0.6) is 0 Å². The maximum atomic E-state index is 2.22. The number of rotatable bonds is 2. The van der Waals surface area contributed by atoms with Crippen molar-refractivity contribution in [1.82, 2.24) is 0 Å². The molecule has 0 spiro atoms. The highest BCUT2D eigenvalue weighted by molar-refractivity contribution is 5.27. The van der Waals surface area contributed by atoms with Crippen molar-refractivity contribution in [3.63, 3.8) is 0 Å². The quantitative estimate of drug-likeness (QED) is 0.559. The molecule has 0 bridgehead atoms. The predicted molar refractivity (Wildman–Crippen MR) is 97.1 cm³/mol. The molecule has 0 aliphatic carbocycles. The number of aryl methyl sites for hydroxylation is 1. The molecular weight excluding hydrogens is 252 g/mol. The Kier molecular flexibility index (Phi) is 10.3. The maximum Gasteiger partial charge on any atom is -0.0216 e. The lowest BCUT2D eigenvalue weighted by Crippen LogP contribution is -1.89. The molecule has 0 nitrogen and oxygen atoms in total. The molecule has 0 saturated heterocycles. The molecule has 0 radical (unpaired) electrons. The minimum atomic E-state index is 0.654. The molecule has 21 heavy (non-hydrogen) atoms. The number of hydrogen-bond donors (Lipinski definition) is 0. The molecule has 2 aromatic carbocycles. The molecular formula is C21H32. The van der Waals surface area contributed by atoms with Crippen molar-refractivity contribution < 1.29 is 0 Å². The fourth-order valence-corrected chi connectivity index (χ4v) is 2.07. The Bertz CT molecular complexity index is 466. The van der Waals surface area contributed by atoms with Crippen molar-refractivity contribution in [2.45, 2.75) is 60.3 Å². The molecule has 0 heterocycles. The van der Waals surface area contributed by atoms with Crippen LogP contribution in [-0.4, -0.2) is 0 Å². The molecule has 116 valence electrons. The van der Waals surface area contributed by atoms with Crippen LogP contribution in [0, 0.1) is 6.92 Å². The van der Waals surface area contributed by atoms with Gasteiger partial charge in [0.15, 0.2) is 0 Å². The van der Waals surface area contributed by atoms with Gasteiger partial charge in [-0.3, -0.25) is 0 Å². The van der Waals surface area contributed by atoms with E-state index in [1.54, 1.807) is 0 Å². The van der Waals surface area contributed by atoms with Crippen molar-refractivity contribution in [2.24, 2.45) is 0 Å². The van der Waals surface area contributed by atoms with Crippen LogP contribution in [-0.2, 0) is 0 Å². The van der Waals surface area contributed by atoms with E-state index in [1.165, 1.54) is 16.7 Å². The van der Waals surface area contributed by atoms with E-state index in [0.717, 1.165) is 0 Å². The van der Waals surface area contributed by atoms with Crippen molar-refractivity contribution in [2.75, 3.05) is 0 Å². The molecule has 0 aliphatic rings. The van der Waals surface area contributed by atoms with Crippen LogP contribution in [0.3, 0.4) is 0 Å². The molecule has 2 aromatic rings. The van der Waals surface area contributed by atoms with E-state index in [-0.39, 0.29) is 0 Å². The summed E-state index contributed by atoms with van der Waals surface area (Å²) in [7, 11) is 0. The molecule has 2 rings (SSSR count). The lowest BCUT2D eigenvalue weighted by molar-refractivity contribution is 0.856. The Balaban J connectivity index is 0.000000342. The SMILES string of the molecule is CC.CC(C)c1ccccc1.Cc1ccccc1C(C)C. The standard InChI is InChI=1S/C10H14.C9H12.C2H6/c1-8(2)10-7-5-4-6-9(10)3;1-8(2)9-6-4-3-5-7-9;1-2/h4-8H,1-3H3;3-8H,1-2H3;1-2H3. The number of benzene rings is 2. The van der Waals surface area contributed by atoms with Gasteiger partial charge in [-0.2, -0.15) is 0 Å². The Labute approximate surface area is 132 Å². The zero-order chi connectivity index (χ0) is 16.3. The van der Waals surface area contributed by atoms with Gasteiger partial charge in [0.1, 0.15) is 0 Å². The first-order valence-corrected chi connectivity index (χ1v) is 8.12. The monoisotopic (exact) mass is 284 g/mol. The third-order valence-electron chi connectivity index (χ3n) is 3.28. The first-order chi connectivity index (χ1) is 10.0. The zero-order valence-corrected chi connectivity index (χ0v) is 14.9. The average Bonchev–Trinajstić information content (AvgIpc) is 2.51. The van der Waals surface area contributed by atoms with E-state index in [1.807, 2.05) is 19.9 Å². The maximum absolute atomic E-state index is 2.22. The van der Waals surface area contributed by atoms with Crippen molar-refractivity contribution in [3.8, 4) is 0 Å². The van der Waals surface area contributed by atoms with E-state index in [2.05, 4.69) is 83.1 Å². The van der Waals surface area contributed by atoms with Crippen molar-refractivity contribution >= 4 is 0 Å². The lowest BCUT2D eigenvalue weighted by atomic mass is 9.99. The summed E-state index contributed by atoms with van der Waals surface area (Å²) >= 11 is 0. The smallest absolute Gasteiger partial charge is 0.0216 e. The summed E-state index contributed by atoms with van der Waals surface area (Å²) in [5.74, 6) is 1.31. The minimum Gasteiger partial charge on any atom is -0.0683 e. The molecule has 0 aliphatic heterocycles. The Hall–Kier alpha value is -1.56. The van der Waals surface area contributed by atoms with Crippen LogP contribution >= 0.6 is 0 Å². The van der Waals surface area contributed by atoms with Crippen LogP contribution in [0.25, 0.3) is 0 Å². The summed E-state index contributed by atoms with van der Waals surface area (Å²) in [4.78, 5) is 0. The van der Waals surface area contributed by atoms with Gasteiger partial charge in [-0.05, 0) is 35.4 Å². The van der Waals surface area contributed by atoms with Crippen molar-refractivity contribution in [3.05, 3.63) is 71.3 Å². The van der Waals surface area contributed by atoms with E-state index in [0.29, 0.717) is 11.8 Å². The second kappa shape index (κ2) is 11.1. The summed E-state index contributed by atoms with van der Waals surface area (Å²) in [6.07, 6.45) is 0. The van der Waals surface area contributed by atoms with E-state index in [9.17, 15) is 0 Å². The van der Waals surface area contributed by atoms with Crippen LogP contribution in [0.15, 0.2) is 54.6 Å². The van der Waals surface area contributed by atoms with Gasteiger partial charge in [0.2, 0.25) is 0 Å². The van der Waals surface area contributed by atoms with Gasteiger partial charge in [-0.15, -0.1) is 0 Å². The summed E-state index contributed by atoms with van der Waals surface area (Å²) < 4.78 is 0. The predicted octanol–water partition coefficient (Wildman–Crippen LogP) is 6.95. The third kappa shape index (κ3) is 7.70. The second-order valence-electron chi connectivity index (χ2n) is 5.58. The van der Waals surface area contributed by atoms with E-state index >= 15 is 0 Å². The van der Waals surface area contributed by atoms with Gasteiger partial charge < -0.3 is 0 Å². The van der Waals surface area contributed by atoms with Gasteiger partial charge in [-0.25, -0.2) is 0 Å². The van der Waals surface area contributed by atoms with E-state index in [4.69, 9.17) is 0 Å². The number of hydrogen-bond acceptors (Lipinski definition) is 0. The fraction of sp³-hybridized carbons (Fsp3) is 0.429. The summed E-state index contributed by atoms with van der Waals surface area (Å²) in [6.45, 7) is 15.0. The molecule has 0 heteroatoms. The topological polar surface area (TPSA) is 0 Å². The average molecular weight is 284 g/mol. The van der Waals surface area contributed by atoms with Gasteiger partial charge >= 0.3 is 0 Å². The van der Waals surface area contributed by atoms with Gasteiger partial charge in [0.05, 0.1) is 0 Å². The molecule has 0 unspecified atom stereocenters. The Morgan fingerprint density at radius 1 is 0.619 bits per heavy atom. The Morgan fingerprint density at radius 3 is 1.43 bits per heavy atom. The fourth-order valence-electron chi connectivity index (χ4n) is 2.07. The molecule has 0 N–H and O–H groups in total. The largest absolute Gasteiger partial charge is 0.0683 e. The van der Waals surface area contributed by atoms with Gasteiger partial charge in [-0.1, -0.05) is 96.1 Å². The normalized spacial score (nSPS) is 9.57.